The second-order valence-corrected chi connectivity index (χ2v) is 4.21. The van der Waals surface area contributed by atoms with Gasteiger partial charge < -0.3 is 10.4 Å². The van der Waals surface area contributed by atoms with E-state index in [1.807, 2.05) is 6.92 Å². The zero-order valence-electron chi connectivity index (χ0n) is 10.4. The molecule has 19 heavy (non-hydrogen) atoms. The molecule has 0 aliphatic rings. The Bertz CT molecular complexity index is 477. The number of hydrogen-bond donors (Lipinski definition) is 2. The topological polar surface area (TPSA) is 119 Å². The van der Waals surface area contributed by atoms with Crippen LogP contribution in [0.3, 0.4) is 0 Å². The molecule has 1 aromatic rings. The maximum atomic E-state index is 10.9. The number of non-ortho nitro benzene ring substituents is 1. The Morgan fingerprint density at radius 1 is 1.32 bits per heavy atom. The van der Waals surface area contributed by atoms with Crippen LogP contribution in [0.2, 0.25) is 0 Å². The second-order valence-electron chi connectivity index (χ2n) is 4.21. The van der Waals surface area contributed by atoms with Gasteiger partial charge in [0.05, 0.1) is 15.9 Å². The summed E-state index contributed by atoms with van der Waals surface area (Å²) in [5.41, 5.74) is -0.411. The molecule has 0 bridgehead atoms. The third kappa shape index (κ3) is 4.18. The molecule has 2 N–H and O–H groups in total. The standard InChI is InChI=1S/C11H15N3O5/c1-8(4-5-15)7-12-10-3-2-9(13(16)17)6-11(10)14(18)19/h2-3,6,8,12,15H,4-5,7H2,1H3. The molecule has 8 heteroatoms. The predicted molar refractivity (Wildman–Crippen MR) is 69.1 cm³/mol. The molecule has 0 aliphatic heterocycles. The molecule has 0 spiro atoms. The molecule has 1 rings (SSSR count). The fourth-order valence-corrected chi connectivity index (χ4v) is 1.54. The van der Waals surface area contributed by atoms with Crippen molar-refractivity contribution in [1.82, 2.24) is 0 Å². The van der Waals surface area contributed by atoms with E-state index in [2.05, 4.69) is 5.32 Å². The molecule has 0 aromatic heterocycles. The van der Waals surface area contributed by atoms with Gasteiger partial charge in [-0.2, -0.15) is 0 Å². The largest absolute Gasteiger partial charge is 0.396 e. The van der Waals surface area contributed by atoms with E-state index >= 15 is 0 Å². The van der Waals surface area contributed by atoms with E-state index in [9.17, 15) is 20.2 Å². The first-order chi connectivity index (χ1) is 8.95. The van der Waals surface area contributed by atoms with Crippen LogP contribution < -0.4 is 5.32 Å². The fourth-order valence-electron chi connectivity index (χ4n) is 1.54. The van der Waals surface area contributed by atoms with Crippen molar-refractivity contribution in [2.75, 3.05) is 18.5 Å². The van der Waals surface area contributed by atoms with Gasteiger partial charge in [-0.05, 0) is 18.4 Å². The summed E-state index contributed by atoms with van der Waals surface area (Å²) in [6.07, 6.45) is 0.577. The van der Waals surface area contributed by atoms with E-state index in [1.165, 1.54) is 12.1 Å². The number of nitrogens with one attached hydrogen (secondary N) is 1. The molecule has 1 unspecified atom stereocenters. The molecule has 104 valence electrons. The first-order valence-corrected chi connectivity index (χ1v) is 5.73. The summed E-state index contributed by atoms with van der Waals surface area (Å²) in [5, 5.41) is 33.1. The minimum Gasteiger partial charge on any atom is -0.396 e. The third-order valence-electron chi connectivity index (χ3n) is 2.65. The number of nitrogens with zero attached hydrogens (tertiary/aromatic N) is 2. The van der Waals surface area contributed by atoms with Crippen molar-refractivity contribution in [2.45, 2.75) is 13.3 Å². The molecule has 0 saturated carbocycles. The third-order valence-corrected chi connectivity index (χ3v) is 2.65. The van der Waals surface area contributed by atoms with Crippen LogP contribution in [-0.2, 0) is 0 Å². The van der Waals surface area contributed by atoms with Crippen molar-refractivity contribution in [3.63, 3.8) is 0 Å². The molecule has 8 nitrogen and oxygen atoms in total. The molecule has 0 amide bonds. The Kier molecular flexibility index (Phi) is 5.19. The highest BCUT2D eigenvalue weighted by Gasteiger charge is 2.19. The quantitative estimate of drug-likeness (QED) is 0.576. The molecular formula is C11H15N3O5. The van der Waals surface area contributed by atoms with Gasteiger partial charge in [-0.25, -0.2) is 0 Å². The van der Waals surface area contributed by atoms with E-state index in [0.717, 1.165) is 6.07 Å². The zero-order valence-corrected chi connectivity index (χ0v) is 10.4. The highest BCUT2D eigenvalue weighted by atomic mass is 16.6. The summed E-state index contributed by atoms with van der Waals surface area (Å²) in [7, 11) is 0. The van der Waals surface area contributed by atoms with E-state index in [0.29, 0.717) is 13.0 Å². The van der Waals surface area contributed by atoms with E-state index in [-0.39, 0.29) is 29.6 Å². The molecule has 0 radical (unpaired) electrons. The maximum absolute atomic E-state index is 10.9. The Morgan fingerprint density at radius 3 is 2.53 bits per heavy atom. The molecule has 0 heterocycles. The number of benzene rings is 1. The fraction of sp³-hybridized carbons (Fsp3) is 0.455. The summed E-state index contributed by atoms with van der Waals surface area (Å²) in [6, 6.07) is 3.47. The van der Waals surface area contributed by atoms with Gasteiger partial charge in [0.25, 0.3) is 11.4 Å². The monoisotopic (exact) mass is 269 g/mol. The molecule has 0 aliphatic carbocycles. The summed E-state index contributed by atoms with van der Waals surface area (Å²) in [6.45, 7) is 2.38. The van der Waals surface area contributed by atoms with Crippen LogP contribution in [0.15, 0.2) is 18.2 Å². The highest BCUT2D eigenvalue weighted by molar-refractivity contribution is 5.65. The van der Waals surface area contributed by atoms with Crippen LogP contribution in [0.4, 0.5) is 17.1 Å². The number of anilines is 1. The Labute approximate surface area is 109 Å². The van der Waals surface area contributed by atoms with Gasteiger partial charge in [-0.3, -0.25) is 20.2 Å². The molecule has 1 aromatic carbocycles. The number of aliphatic hydroxyl groups excluding tert-OH is 1. The summed E-state index contributed by atoms with van der Waals surface area (Å²) in [5.74, 6) is 0.139. The second kappa shape index (κ2) is 6.64. The van der Waals surface area contributed by atoms with Crippen LogP contribution in [0.5, 0.6) is 0 Å². The number of nitro benzene ring substituents is 2. The maximum Gasteiger partial charge on any atom is 0.299 e. The summed E-state index contributed by atoms with van der Waals surface area (Å²) < 4.78 is 0. The average molecular weight is 269 g/mol. The Balaban J connectivity index is 2.88. The van der Waals surface area contributed by atoms with Crippen LogP contribution in [0, 0.1) is 26.1 Å². The smallest absolute Gasteiger partial charge is 0.299 e. The van der Waals surface area contributed by atoms with Gasteiger partial charge in [0.1, 0.15) is 5.69 Å². The van der Waals surface area contributed by atoms with E-state index in [1.54, 1.807) is 0 Å². The molecular weight excluding hydrogens is 254 g/mol. The van der Waals surface area contributed by atoms with Gasteiger partial charge in [0.15, 0.2) is 0 Å². The van der Waals surface area contributed by atoms with Crippen molar-refractivity contribution < 1.29 is 15.0 Å². The van der Waals surface area contributed by atoms with Crippen LogP contribution in [-0.4, -0.2) is 28.1 Å². The normalized spacial score (nSPS) is 11.9. The van der Waals surface area contributed by atoms with Crippen LogP contribution in [0.1, 0.15) is 13.3 Å². The van der Waals surface area contributed by atoms with Gasteiger partial charge in [0.2, 0.25) is 0 Å². The minimum absolute atomic E-state index is 0.0468. The molecule has 1 atom stereocenters. The predicted octanol–water partition coefficient (Wildman–Crippen LogP) is 1.93. The summed E-state index contributed by atoms with van der Waals surface area (Å²) >= 11 is 0. The summed E-state index contributed by atoms with van der Waals surface area (Å²) in [4.78, 5) is 20.1. The lowest BCUT2D eigenvalue weighted by Gasteiger charge is -2.12. The van der Waals surface area contributed by atoms with Crippen molar-refractivity contribution >= 4 is 17.1 Å². The van der Waals surface area contributed by atoms with Gasteiger partial charge in [0, 0.05) is 19.2 Å². The van der Waals surface area contributed by atoms with E-state index < -0.39 is 9.85 Å². The van der Waals surface area contributed by atoms with Crippen LogP contribution in [0.25, 0.3) is 0 Å². The van der Waals surface area contributed by atoms with Crippen molar-refractivity contribution in [3.8, 4) is 0 Å². The Hall–Kier alpha value is -2.22. The minimum atomic E-state index is -0.675. The van der Waals surface area contributed by atoms with Gasteiger partial charge >= 0.3 is 0 Å². The SMILES string of the molecule is CC(CCO)CNc1ccc([N+](=O)[O-])cc1[N+](=O)[O-]. The van der Waals surface area contributed by atoms with Gasteiger partial charge in [-0.1, -0.05) is 6.92 Å². The Morgan fingerprint density at radius 2 is 2.00 bits per heavy atom. The average Bonchev–Trinajstić information content (AvgIpc) is 2.36. The zero-order chi connectivity index (χ0) is 14.4. The van der Waals surface area contributed by atoms with Crippen molar-refractivity contribution in [2.24, 2.45) is 5.92 Å². The number of rotatable bonds is 7. The first kappa shape index (κ1) is 14.8. The number of aliphatic hydroxyl groups is 1. The lowest BCUT2D eigenvalue weighted by molar-refractivity contribution is -0.393. The first-order valence-electron chi connectivity index (χ1n) is 5.73. The lowest BCUT2D eigenvalue weighted by atomic mass is 10.1. The van der Waals surface area contributed by atoms with E-state index in [4.69, 9.17) is 5.11 Å². The van der Waals surface area contributed by atoms with Crippen molar-refractivity contribution in [3.05, 3.63) is 38.4 Å². The highest BCUT2D eigenvalue weighted by Crippen LogP contribution is 2.29. The number of nitro groups is 2. The van der Waals surface area contributed by atoms with Gasteiger partial charge in [-0.15, -0.1) is 0 Å². The van der Waals surface area contributed by atoms with Crippen LogP contribution >= 0.6 is 0 Å². The lowest BCUT2D eigenvalue weighted by Crippen LogP contribution is -2.13. The molecule has 0 saturated heterocycles. The number of hydrogen-bond acceptors (Lipinski definition) is 6. The van der Waals surface area contributed by atoms with Crippen molar-refractivity contribution in [1.29, 1.82) is 0 Å². The molecule has 0 fully saturated rings.